The molecule has 2 bridgehead atoms. The molecule has 0 aromatic heterocycles. The van der Waals surface area contributed by atoms with Crippen molar-refractivity contribution in [2.75, 3.05) is 6.54 Å². The van der Waals surface area contributed by atoms with E-state index in [0.29, 0.717) is 12.5 Å². The molecule has 0 unspecified atom stereocenters. The van der Waals surface area contributed by atoms with Crippen LogP contribution in [0.3, 0.4) is 0 Å². The number of ether oxygens (including phenoxy) is 1. The molecule has 2 aliphatic rings. The maximum atomic E-state index is 12.0. The van der Waals surface area contributed by atoms with Gasteiger partial charge in [0.15, 0.2) is 0 Å². The van der Waals surface area contributed by atoms with Crippen molar-refractivity contribution in [1.82, 2.24) is 5.32 Å². The SMILES string of the molecule is CC(C)CNC(=O)[C@@H]1[C@@H](C(=O)O)[C@@H]2C=C[C@@H]1O2. The van der Waals surface area contributed by atoms with E-state index in [1.807, 2.05) is 13.8 Å². The summed E-state index contributed by atoms with van der Waals surface area (Å²) in [5.74, 6) is -2.19. The summed E-state index contributed by atoms with van der Waals surface area (Å²) in [6, 6.07) is 0. The molecule has 5 nitrogen and oxygen atoms in total. The third-order valence-corrected chi connectivity index (χ3v) is 3.17. The molecule has 0 saturated carbocycles. The molecule has 0 aromatic carbocycles. The van der Waals surface area contributed by atoms with E-state index in [1.165, 1.54) is 0 Å². The molecule has 1 fully saturated rings. The summed E-state index contributed by atoms with van der Waals surface area (Å²) in [7, 11) is 0. The van der Waals surface area contributed by atoms with E-state index in [1.54, 1.807) is 12.2 Å². The van der Waals surface area contributed by atoms with Gasteiger partial charge in [-0.1, -0.05) is 26.0 Å². The second-order valence-corrected chi connectivity index (χ2v) is 4.98. The average molecular weight is 239 g/mol. The molecular weight excluding hydrogens is 222 g/mol. The van der Waals surface area contributed by atoms with Crippen LogP contribution >= 0.6 is 0 Å². The number of carboxylic acid groups (broad SMARTS) is 1. The minimum Gasteiger partial charge on any atom is -0.481 e. The molecule has 0 spiro atoms. The van der Waals surface area contributed by atoms with E-state index < -0.39 is 23.9 Å². The Balaban J connectivity index is 2.06. The summed E-state index contributed by atoms with van der Waals surface area (Å²) >= 11 is 0. The molecule has 2 N–H and O–H groups in total. The second-order valence-electron chi connectivity index (χ2n) is 4.98. The van der Waals surface area contributed by atoms with Crippen LogP contribution in [0.5, 0.6) is 0 Å². The molecular formula is C12H17NO4. The zero-order chi connectivity index (χ0) is 12.6. The molecule has 2 aliphatic heterocycles. The molecule has 0 aromatic rings. The summed E-state index contributed by atoms with van der Waals surface area (Å²) in [5.41, 5.74) is 0. The first-order chi connectivity index (χ1) is 8.00. The number of amides is 1. The van der Waals surface area contributed by atoms with E-state index >= 15 is 0 Å². The van der Waals surface area contributed by atoms with Crippen LogP contribution in [0.4, 0.5) is 0 Å². The van der Waals surface area contributed by atoms with Crippen LogP contribution in [0, 0.1) is 17.8 Å². The van der Waals surface area contributed by atoms with Crippen LogP contribution in [-0.2, 0) is 14.3 Å². The normalized spacial score (nSPS) is 34.3. The first kappa shape index (κ1) is 12.1. The van der Waals surface area contributed by atoms with Crippen LogP contribution in [0.2, 0.25) is 0 Å². The van der Waals surface area contributed by atoms with Crippen LogP contribution in [0.15, 0.2) is 12.2 Å². The molecule has 0 aliphatic carbocycles. The molecule has 2 heterocycles. The molecule has 94 valence electrons. The van der Waals surface area contributed by atoms with Crippen molar-refractivity contribution >= 4 is 11.9 Å². The third kappa shape index (κ3) is 2.20. The smallest absolute Gasteiger partial charge is 0.310 e. The number of hydrogen-bond donors (Lipinski definition) is 2. The van der Waals surface area contributed by atoms with Crippen LogP contribution < -0.4 is 5.32 Å². The van der Waals surface area contributed by atoms with Crippen molar-refractivity contribution in [2.45, 2.75) is 26.1 Å². The van der Waals surface area contributed by atoms with Crippen LogP contribution in [0.25, 0.3) is 0 Å². The predicted molar refractivity (Wildman–Crippen MR) is 60.3 cm³/mol. The van der Waals surface area contributed by atoms with Crippen molar-refractivity contribution in [3.63, 3.8) is 0 Å². The van der Waals surface area contributed by atoms with E-state index in [9.17, 15) is 9.59 Å². The predicted octanol–water partition coefficient (Wildman–Crippen LogP) is 0.413. The Bertz CT molecular complexity index is 364. The van der Waals surface area contributed by atoms with Crippen molar-refractivity contribution in [2.24, 2.45) is 17.8 Å². The van der Waals surface area contributed by atoms with E-state index in [0.717, 1.165) is 0 Å². The highest BCUT2D eigenvalue weighted by atomic mass is 16.5. The summed E-state index contributed by atoms with van der Waals surface area (Å²) in [6.45, 7) is 4.54. The second kappa shape index (κ2) is 4.49. The highest BCUT2D eigenvalue weighted by Crippen LogP contribution is 2.39. The molecule has 2 rings (SSSR count). The van der Waals surface area contributed by atoms with E-state index in [2.05, 4.69) is 5.32 Å². The number of nitrogens with one attached hydrogen (secondary N) is 1. The number of carbonyl (C=O) groups excluding carboxylic acids is 1. The average Bonchev–Trinajstić information content (AvgIpc) is 2.84. The molecule has 4 atom stereocenters. The van der Waals surface area contributed by atoms with Gasteiger partial charge in [0, 0.05) is 6.54 Å². The van der Waals surface area contributed by atoms with E-state index in [4.69, 9.17) is 9.84 Å². The van der Waals surface area contributed by atoms with Crippen molar-refractivity contribution < 1.29 is 19.4 Å². The lowest BCUT2D eigenvalue weighted by Gasteiger charge is -2.21. The van der Waals surface area contributed by atoms with Gasteiger partial charge in [-0.2, -0.15) is 0 Å². The van der Waals surface area contributed by atoms with Gasteiger partial charge in [0.1, 0.15) is 5.92 Å². The monoisotopic (exact) mass is 239 g/mol. The number of rotatable bonds is 4. The lowest BCUT2D eigenvalue weighted by molar-refractivity contribution is -0.146. The van der Waals surface area contributed by atoms with Gasteiger partial charge in [-0.05, 0) is 5.92 Å². The Hall–Kier alpha value is -1.36. The van der Waals surface area contributed by atoms with Gasteiger partial charge < -0.3 is 15.2 Å². The zero-order valence-corrected chi connectivity index (χ0v) is 9.92. The fraction of sp³-hybridized carbons (Fsp3) is 0.667. The highest BCUT2D eigenvalue weighted by Gasteiger charge is 2.53. The Morgan fingerprint density at radius 1 is 1.29 bits per heavy atom. The Morgan fingerprint density at radius 3 is 2.41 bits per heavy atom. The first-order valence-corrected chi connectivity index (χ1v) is 5.85. The standard InChI is InChI=1S/C12H17NO4/c1-6(2)5-13-11(14)9-7-3-4-8(17-7)10(9)12(15)16/h3-4,6-10H,5H2,1-2H3,(H,13,14)(H,15,16)/t7-,8-,9-,10-/m0/s1. The summed E-state index contributed by atoms with van der Waals surface area (Å²) < 4.78 is 5.43. The maximum absolute atomic E-state index is 12.0. The minimum absolute atomic E-state index is 0.219. The summed E-state index contributed by atoms with van der Waals surface area (Å²) in [6.07, 6.45) is 2.68. The van der Waals surface area contributed by atoms with Gasteiger partial charge in [-0.25, -0.2) is 0 Å². The zero-order valence-electron chi connectivity index (χ0n) is 9.92. The lowest BCUT2D eigenvalue weighted by atomic mass is 9.82. The van der Waals surface area contributed by atoms with Crippen LogP contribution in [0.1, 0.15) is 13.8 Å². The van der Waals surface area contributed by atoms with Gasteiger partial charge in [-0.3, -0.25) is 9.59 Å². The fourth-order valence-corrected chi connectivity index (χ4v) is 2.34. The van der Waals surface area contributed by atoms with E-state index in [-0.39, 0.29) is 12.0 Å². The molecule has 0 radical (unpaired) electrons. The summed E-state index contributed by atoms with van der Waals surface area (Å²) in [5, 5.41) is 11.9. The maximum Gasteiger partial charge on any atom is 0.310 e. The van der Waals surface area contributed by atoms with Gasteiger partial charge in [-0.15, -0.1) is 0 Å². The third-order valence-electron chi connectivity index (χ3n) is 3.17. The molecule has 1 amide bonds. The topological polar surface area (TPSA) is 75.6 Å². The Morgan fingerprint density at radius 2 is 1.88 bits per heavy atom. The highest BCUT2D eigenvalue weighted by molar-refractivity contribution is 5.87. The van der Waals surface area contributed by atoms with Gasteiger partial charge in [0.2, 0.25) is 5.91 Å². The van der Waals surface area contributed by atoms with Gasteiger partial charge in [0.25, 0.3) is 0 Å². The largest absolute Gasteiger partial charge is 0.481 e. The first-order valence-electron chi connectivity index (χ1n) is 5.85. The Kier molecular flexibility index (Phi) is 3.19. The fourth-order valence-electron chi connectivity index (χ4n) is 2.34. The van der Waals surface area contributed by atoms with Crippen molar-refractivity contribution in [3.05, 3.63) is 12.2 Å². The molecule has 1 saturated heterocycles. The number of carboxylic acids is 1. The van der Waals surface area contributed by atoms with Gasteiger partial charge in [0.05, 0.1) is 18.1 Å². The quantitative estimate of drug-likeness (QED) is 0.697. The molecule has 5 heteroatoms. The van der Waals surface area contributed by atoms with Crippen molar-refractivity contribution in [3.8, 4) is 0 Å². The Labute approximate surface area is 99.8 Å². The number of carbonyl (C=O) groups is 2. The number of aliphatic carboxylic acids is 1. The van der Waals surface area contributed by atoms with Crippen molar-refractivity contribution in [1.29, 1.82) is 0 Å². The number of fused-ring (bicyclic) bond motifs is 2. The van der Waals surface area contributed by atoms with Crippen LogP contribution in [-0.4, -0.2) is 35.7 Å². The molecule has 17 heavy (non-hydrogen) atoms. The summed E-state index contributed by atoms with van der Waals surface area (Å²) in [4.78, 5) is 23.1. The minimum atomic E-state index is -0.966. The van der Waals surface area contributed by atoms with Gasteiger partial charge >= 0.3 is 5.97 Å². The number of hydrogen-bond acceptors (Lipinski definition) is 3. The lowest BCUT2D eigenvalue weighted by Crippen LogP contribution is -2.43.